The van der Waals surface area contributed by atoms with Gasteiger partial charge in [-0.2, -0.15) is 11.8 Å². The van der Waals surface area contributed by atoms with Crippen molar-refractivity contribution in [1.29, 1.82) is 0 Å². The Kier molecular flexibility index (Phi) is 6.94. The van der Waals surface area contributed by atoms with Crippen LogP contribution in [0.25, 0.3) is 0 Å². The van der Waals surface area contributed by atoms with Crippen molar-refractivity contribution in [2.75, 3.05) is 32.9 Å². The van der Waals surface area contributed by atoms with E-state index in [0.717, 1.165) is 19.6 Å². The normalized spacial score (nSPS) is 20.4. The first kappa shape index (κ1) is 15.3. The molecule has 4 N–H and O–H groups in total. The molecule has 4 nitrogen and oxygen atoms in total. The molecule has 0 bridgehead atoms. The molecule has 0 spiro atoms. The molecule has 0 amide bonds. The van der Waals surface area contributed by atoms with Gasteiger partial charge in [0.15, 0.2) is 5.96 Å². The molecule has 1 rings (SSSR count). The second kappa shape index (κ2) is 6.80. The summed E-state index contributed by atoms with van der Waals surface area (Å²) in [6.45, 7) is 3.03. The number of rotatable bonds is 3. The van der Waals surface area contributed by atoms with Crippen LogP contribution in [0.2, 0.25) is 0 Å². The molecule has 0 atom stereocenters. The summed E-state index contributed by atoms with van der Waals surface area (Å²) in [7, 11) is 2.16. The molecule has 0 radical (unpaired) electrons. The highest BCUT2D eigenvalue weighted by atomic mass is 127. The van der Waals surface area contributed by atoms with Gasteiger partial charge < -0.3 is 16.4 Å². The van der Waals surface area contributed by atoms with E-state index in [1.807, 2.05) is 11.8 Å². The van der Waals surface area contributed by atoms with Crippen LogP contribution in [0.1, 0.15) is 12.8 Å². The largest absolute Gasteiger partial charge is 0.370 e. The zero-order valence-electron chi connectivity index (χ0n) is 9.40. The van der Waals surface area contributed by atoms with E-state index in [0.29, 0.717) is 0 Å². The first-order valence-corrected chi connectivity index (χ1v) is 6.09. The molecule has 1 aliphatic heterocycles. The first-order valence-electron chi connectivity index (χ1n) is 4.87. The van der Waals surface area contributed by atoms with Crippen LogP contribution in [0.4, 0.5) is 0 Å². The molecule has 1 heterocycles. The molecule has 1 fully saturated rings. The lowest BCUT2D eigenvalue weighted by Gasteiger charge is -2.38. The minimum atomic E-state index is 0. The number of aliphatic imine (C=N–C) groups is 1. The topological polar surface area (TPSA) is 67.6 Å². The summed E-state index contributed by atoms with van der Waals surface area (Å²) >= 11 is 1.89. The lowest BCUT2D eigenvalue weighted by Crippen LogP contribution is -2.43. The zero-order valence-corrected chi connectivity index (χ0v) is 12.5. The summed E-state index contributed by atoms with van der Waals surface area (Å²) in [5.74, 6) is 0.206. The van der Waals surface area contributed by atoms with Crippen molar-refractivity contribution in [3.8, 4) is 0 Å². The van der Waals surface area contributed by atoms with E-state index in [2.05, 4.69) is 23.2 Å². The summed E-state index contributed by atoms with van der Waals surface area (Å²) in [5.41, 5.74) is 10.7. The molecule has 0 aromatic rings. The van der Waals surface area contributed by atoms with E-state index in [1.165, 1.54) is 12.8 Å². The predicted octanol–water partition coefficient (Wildman–Crippen LogP) is 0.705. The Morgan fingerprint density at radius 2 is 1.93 bits per heavy atom. The third kappa shape index (κ3) is 4.78. The highest BCUT2D eigenvalue weighted by Crippen LogP contribution is 2.34. The van der Waals surface area contributed by atoms with E-state index in [-0.39, 0.29) is 34.7 Å². The molecule has 0 aromatic carbocycles. The van der Waals surface area contributed by atoms with Gasteiger partial charge in [0, 0.05) is 4.75 Å². The van der Waals surface area contributed by atoms with Crippen LogP contribution in [0.3, 0.4) is 0 Å². The number of likely N-dealkylation sites (tertiary alicyclic amines) is 1. The van der Waals surface area contributed by atoms with Gasteiger partial charge in [0.25, 0.3) is 0 Å². The molecule has 1 aliphatic rings. The van der Waals surface area contributed by atoms with Crippen molar-refractivity contribution >= 4 is 41.7 Å². The Bertz CT molecular complexity index is 210. The maximum atomic E-state index is 5.36. The highest BCUT2D eigenvalue weighted by molar-refractivity contribution is 14.0. The van der Waals surface area contributed by atoms with Gasteiger partial charge in [0.1, 0.15) is 0 Å². The lowest BCUT2D eigenvalue weighted by atomic mass is 9.96. The van der Waals surface area contributed by atoms with Gasteiger partial charge in [0.2, 0.25) is 0 Å². The van der Waals surface area contributed by atoms with Crippen molar-refractivity contribution in [2.45, 2.75) is 17.6 Å². The third-order valence-electron chi connectivity index (χ3n) is 2.88. The van der Waals surface area contributed by atoms with Crippen molar-refractivity contribution in [3.05, 3.63) is 0 Å². The van der Waals surface area contributed by atoms with Crippen molar-refractivity contribution in [3.63, 3.8) is 0 Å². The van der Waals surface area contributed by atoms with Crippen LogP contribution in [0.15, 0.2) is 4.99 Å². The van der Waals surface area contributed by atoms with Gasteiger partial charge in [-0.15, -0.1) is 24.0 Å². The maximum Gasteiger partial charge on any atom is 0.185 e. The van der Waals surface area contributed by atoms with E-state index in [9.17, 15) is 0 Å². The van der Waals surface area contributed by atoms with E-state index in [4.69, 9.17) is 11.5 Å². The predicted molar refractivity (Wildman–Crippen MR) is 79.1 cm³/mol. The fourth-order valence-electron chi connectivity index (χ4n) is 1.69. The molecular weight excluding hydrogens is 323 g/mol. The highest BCUT2D eigenvalue weighted by Gasteiger charge is 2.32. The van der Waals surface area contributed by atoms with Crippen molar-refractivity contribution < 1.29 is 0 Å². The van der Waals surface area contributed by atoms with Crippen LogP contribution in [0.5, 0.6) is 0 Å². The van der Waals surface area contributed by atoms with Gasteiger partial charge in [0.05, 0.1) is 6.54 Å². The van der Waals surface area contributed by atoms with Crippen molar-refractivity contribution in [2.24, 2.45) is 16.5 Å². The standard InChI is InChI=1S/C9H20N4S.HI/c1-13-5-3-9(14-2,4-6-13)7-12-8(10)11;/h3-7H2,1-2H3,(H4,10,11,12);1H. The second-order valence-electron chi connectivity index (χ2n) is 3.93. The molecule has 0 unspecified atom stereocenters. The number of guanidine groups is 1. The van der Waals surface area contributed by atoms with Gasteiger partial charge in [-0.05, 0) is 39.2 Å². The number of hydrogen-bond donors (Lipinski definition) is 2. The van der Waals surface area contributed by atoms with Crippen LogP contribution >= 0.6 is 35.7 Å². The third-order valence-corrected chi connectivity index (χ3v) is 4.28. The van der Waals surface area contributed by atoms with E-state index in [1.54, 1.807) is 0 Å². The molecule has 0 aliphatic carbocycles. The van der Waals surface area contributed by atoms with E-state index >= 15 is 0 Å². The maximum absolute atomic E-state index is 5.36. The number of halogens is 1. The Labute approximate surface area is 113 Å². The van der Waals surface area contributed by atoms with E-state index < -0.39 is 0 Å². The second-order valence-corrected chi connectivity index (χ2v) is 5.21. The summed E-state index contributed by atoms with van der Waals surface area (Å²) in [4.78, 5) is 6.50. The Hall–Kier alpha value is 0.310. The molecule has 90 valence electrons. The average Bonchev–Trinajstić information content (AvgIpc) is 2.18. The molecule has 0 saturated carbocycles. The fourth-order valence-corrected chi connectivity index (χ4v) is 2.47. The Balaban J connectivity index is 0.00000196. The summed E-state index contributed by atoms with van der Waals surface area (Å²) in [6.07, 6.45) is 4.48. The van der Waals surface area contributed by atoms with Crippen LogP contribution in [-0.2, 0) is 0 Å². The van der Waals surface area contributed by atoms with Crippen LogP contribution < -0.4 is 11.5 Å². The number of nitrogens with zero attached hydrogens (tertiary/aromatic N) is 2. The van der Waals surface area contributed by atoms with Gasteiger partial charge in [-0.3, -0.25) is 4.99 Å². The number of nitrogens with two attached hydrogens (primary N) is 2. The number of piperidine rings is 1. The van der Waals surface area contributed by atoms with Crippen LogP contribution in [0, 0.1) is 0 Å². The lowest BCUT2D eigenvalue weighted by molar-refractivity contribution is 0.242. The van der Waals surface area contributed by atoms with Gasteiger partial charge in [-0.1, -0.05) is 0 Å². The Morgan fingerprint density at radius 3 is 2.33 bits per heavy atom. The molecule has 0 aromatic heterocycles. The molecular formula is C9H21IN4S. The minimum Gasteiger partial charge on any atom is -0.370 e. The number of thioether (sulfide) groups is 1. The summed E-state index contributed by atoms with van der Waals surface area (Å²) in [6, 6.07) is 0. The van der Waals surface area contributed by atoms with Gasteiger partial charge >= 0.3 is 0 Å². The zero-order chi connectivity index (χ0) is 10.6. The Morgan fingerprint density at radius 1 is 1.40 bits per heavy atom. The minimum absolute atomic E-state index is 0. The SMILES string of the molecule is CSC1(CN=C(N)N)CCN(C)CC1.I. The smallest absolute Gasteiger partial charge is 0.185 e. The molecule has 1 saturated heterocycles. The molecule has 6 heteroatoms. The van der Waals surface area contributed by atoms with Crippen molar-refractivity contribution in [1.82, 2.24) is 4.90 Å². The molecule has 15 heavy (non-hydrogen) atoms. The summed E-state index contributed by atoms with van der Waals surface area (Å²) < 4.78 is 0.260. The number of hydrogen-bond acceptors (Lipinski definition) is 3. The monoisotopic (exact) mass is 344 g/mol. The first-order chi connectivity index (χ1) is 6.58. The quantitative estimate of drug-likeness (QED) is 0.449. The van der Waals surface area contributed by atoms with Crippen LogP contribution in [-0.4, -0.2) is 48.5 Å². The fraction of sp³-hybridized carbons (Fsp3) is 0.889. The average molecular weight is 344 g/mol. The van der Waals surface area contributed by atoms with Gasteiger partial charge in [-0.25, -0.2) is 0 Å². The summed E-state index contributed by atoms with van der Waals surface area (Å²) in [5, 5.41) is 0.